The van der Waals surface area contributed by atoms with Crippen molar-refractivity contribution in [3.63, 3.8) is 0 Å². The molecule has 2 nitrogen and oxygen atoms in total. The predicted octanol–water partition coefficient (Wildman–Crippen LogP) is 14.6. The van der Waals surface area contributed by atoms with Crippen molar-refractivity contribution in [1.29, 1.82) is 0 Å². The number of hydrogen-bond donors (Lipinski definition) is 0. The number of fused-ring (bicyclic) bond motifs is 3. The van der Waals surface area contributed by atoms with Gasteiger partial charge in [0.05, 0.1) is 0 Å². The molecule has 0 N–H and O–H groups in total. The highest BCUT2D eigenvalue weighted by Gasteiger charge is 2.49. The van der Waals surface area contributed by atoms with Gasteiger partial charge in [-0.3, -0.25) is 0 Å². The molecule has 1 atom stereocenters. The Bertz CT molecular complexity index is 1920. The SMILES string of the molecule is CCCCCCC1(CCCCCC)c2ccccc2C2=CC=C(N(c3ccc(C)cc3)c3ccc(-c4ccc(N(C)C5=CC=CCC5)cc4)cc3)C[C@H]21. The normalized spacial score (nSPS) is 17.1. The van der Waals surface area contributed by atoms with Crippen LogP contribution < -0.4 is 9.80 Å². The number of hydrogen-bond acceptors (Lipinski definition) is 2. The molecule has 274 valence electrons. The van der Waals surface area contributed by atoms with Gasteiger partial charge in [-0.2, -0.15) is 0 Å². The van der Waals surface area contributed by atoms with E-state index in [0.29, 0.717) is 5.92 Å². The largest absolute Gasteiger partial charge is 0.348 e. The van der Waals surface area contributed by atoms with Crippen LogP contribution in [0.3, 0.4) is 0 Å². The highest BCUT2D eigenvalue weighted by Crippen LogP contribution is 2.59. The standard InChI is InChI=1S/C51H60N2/c1-5-7-9-16-36-51(37-17-10-8-6-2)49-21-15-14-20-47(49)48-35-34-46(38-50(48)51)53(44-28-22-39(3)23-29-44)45-32-26-41(27-33-45)40-24-30-43(31-25-40)52(4)42-18-12-11-13-19-42/h11-12,14-15,18,20-35,50H,5-10,13,16-17,19,36-38H2,1-4H3/t50-/m1/s1. The maximum absolute atomic E-state index is 2.54. The summed E-state index contributed by atoms with van der Waals surface area (Å²) in [6.07, 6.45) is 28.0. The first-order chi connectivity index (χ1) is 26.0. The minimum atomic E-state index is 0.191. The van der Waals surface area contributed by atoms with E-state index in [1.54, 1.807) is 11.1 Å². The fourth-order valence-corrected chi connectivity index (χ4v) is 9.35. The second kappa shape index (κ2) is 17.1. The molecule has 2 heteroatoms. The first-order valence-electron chi connectivity index (χ1n) is 20.7. The molecule has 0 aliphatic heterocycles. The lowest BCUT2D eigenvalue weighted by Crippen LogP contribution is -2.34. The zero-order chi connectivity index (χ0) is 36.6. The highest BCUT2D eigenvalue weighted by atomic mass is 15.1. The Balaban J connectivity index is 1.21. The number of unbranched alkanes of at least 4 members (excludes halogenated alkanes) is 6. The molecule has 0 aromatic heterocycles. The smallest absolute Gasteiger partial charge is 0.0458 e. The maximum Gasteiger partial charge on any atom is 0.0458 e. The second-order valence-electron chi connectivity index (χ2n) is 15.8. The summed E-state index contributed by atoms with van der Waals surface area (Å²) in [4.78, 5) is 4.87. The van der Waals surface area contributed by atoms with Gasteiger partial charge in [0.25, 0.3) is 0 Å². The number of benzene rings is 4. The summed E-state index contributed by atoms with van der Waals surface area (Å²) in [5.74, 6) is 0.493. The lowest BCUT2D eigenvalue weighted by Gasteiger charge is -2.41. The summed E-state index contributed by atoms with van der Waals surface area (Å²) < 4.78 is 0. The van der Waals surface area contributed by atoms with Crippen molar-refractivity contribution in [2.24, 2.45) is 5.92 Å². The van der Waals surface area contributed by atoms with E-state index in [0.717, 1.165) is 19.3 Å². The fourth-order valence-electron chi connectivity index (χ4n) is 9.35. The van der Waals surface area contributed by atoms with Crippen LogP contribution >= 0.6 is 0 Å². The van der Waals surface area contributed by atoms with E-state index in [1.807, 2.05) is 0 Å². The van der Waals surface area contributed by atoms with E-state index in [1.165, 1.54) is 115 Å². The molecule has 0 saturated carbocycles. The third-order valence-electron chi connectivity index (χ3n) is 12.4. The molecule has 0 spiro atoms. The molecule has 4 aromatic rings. The zero-order valence-corrected chi connectivity index (χ0v) is 32.8. The third kappa shape index (κ3) is 7.89. The van der Waals surface area contributed by atoms with E-state index in [4.69, 9.17) is 0 Å². The molecule has 0 saturated heterocycles. The van der Waals surface area contributed by atoms with Gasteiger partial charge in [0.2, 0.25) is 0 Å². The van der Waals surface area contributed by atoms with E-state index >= 15 is 0 Å². The molecule has 0 bridgehead atoms. The number of anilines is 3. The Morgan fingerprint density at radius 1 is 0.623 bits per heavy atom. The summed E-state index contributed by atoms with van der Waals surface area (Å²) in [5.41, 5.74) is 15.1. The molecule has 0 fully saturated rings. The third-order valence-corrected chi connectivity index (χ3v) is 12.4. The van der Waals surface area contributed by atoms with Crippen molar-refractivity contribution in [3.8, 4) is 11.1 Å². The molecule has 0 amide bonds. The fraction of sp³-hybridized carbons (Fsp3) is 0.373. The van der Waals surface area contributed by atoms with Crippen molar-refractivity contribution >= 4 is 22.6 Å². The van der Waals surface area contributed by atoms with Crippen LogP contribution in [0.2, 0.25) is 0 Å². The van der Waals surface area contributed by atoms with Crippen molar-refractivity contribution < 1.29 is 0 Å². The lowest BCUT2D eigenvalue weighted by atomic mass is 9.65. The van der Waals surface area contributed by atoms with Crippen molar-refractivity contribution in [1.82, 2.24) is 0 Å². The van der Waals surface area contributed by atoms with Gasteiger partial charge in [-0.25, -0.2) is 0 Å². The van der Waals surface area contributed by atoms with Crippen LogP contribution in [0.25, 0.3) is 16.7 Å². The molecule has 3 aliphatic rings. The molecule has 7 rings (SSSR count). The maximum atomic E-state index is 2.54. The number of aryl methyl sites for hydroxylation is 1. The molecule has 0 unspecified atom stereocenters. The second-order valence-corrected chi connectivity index (χ2v) is 15.8. The number of nitrogens with zero attached hydrogens (tertiary/aromatic N) is 2. The van der Waals surface area contributed by atoms with Gasteiger partial charge >= 0.3 is 0 Å². The van der Waals surface area contributed by atoms with E-state index < -0.39 is 0 Å². The van der Waals surface area contributed by atoms with E-state index in [2.05, 4.69) is 165 Å². The number of rotatable bonds is 16. The Morgan fingerprint density at radius 3 is 1.83 bits per heavy atom. The minimum absolute atomic E-state index is 0.191. The van der Waals surface area contributed by atoms with Gasteiger partial charge < -0.3 is 9.80 Å². The van der Waals surface area contributed by atoms with Crippen LogP contribution in [0.4, 0.5) is 17.1 Å². The summed E-state index contributed by atoms with van der Waals surface area (Å²) in [6, 6.07) is 36.9. The zero-order valence-electron chi connectivity index (χ0n) is 32.8. The Morgan fingerprint density at radius 2 is 1.23 bits per heavy atom. The molecule has 3 aliphatic carbocycles. The van der Waals surface area contributed by atoms with Crippen LogP contribution in [0.15, 0.2) is 139 Å². The van der Waals surface area contributed by atoms with E-state index in [9.17, 15) is 0 Å². The first kappa shape index (κ1) is 36.8. The molecule has 0 radical (unpaired) electrons. The summed E-state index contributed by atoms with van der Waals surface area (Å²) in [5, 5.41) is 0. The van der Waals surface area contributed by atoms with Crippen LogP contribution in [0, 0.1) is 12.8 Å². The lowest BCUT2D eigenvalue weighted by molar-refractivity contribution is 0.270. The topological polar surface area (TPSA) is 6.48 Å². The van der Waals surface area contributed by atoms with Crippen molar-refractivity contribution in [3.05, 3.63) is 156 Å². The number of allylic oxidation sites excluding steroid dienone is 8. The van der Waals surface area contributed by atoms with Crippen molar-refractivity contribution in [2.75, 3.05) is 16.8 Å². The Kier molecular flexibility index (Phi) is 11.8. The minimum Gasteiger partial charge on any atom is -0.348 e. The van der Waals surface area contributed by atoms with Gasteiger partial charge in [0, 0.05) is 40.9 Å². The van der Waals surface area contributed by atoms with Gasteiger partial charge in [-0.15, -0.1) is 0 Å². The van der Waals surface area contributed by atoms with Crippen LogP contribution in [-0.2, 0) is 5.41 Å². The van der Waals surface area contributed by atoms with Gasteiger partial charge in [-0.05, 0) is 121 Å². The van der Waals surface area contributed by atoms with Crippen LogP contribution in [0.1, 0.15) is 114 Å². The quantitative estimate of drug-likeness (QED) is 0.107. The molecular formula is C51H60N2. The predicted molar refractivity (Wildman–Crippen MR) is 230 cm³/mol. The summed E-state index contributed by atoms with van der Waals surface area (Å²) in [7, 11) is 2.18. The van der Waals surface area contributed by atoms with E-state index in [-0.39, 0.29) is 5.41 Å². The van der Waals surface area contributed by atoms with Crippen LogP contribution in [-0.4, -0.2) is 7.05 Å². The highest BCUT2D eigenvalue weighted by molar-refractivity contribution is 5.82. The molecule has 53 heavy (non-hydrogen) atoms. The first-order valence-corrected chi connectivity index (χ1v) is 20.7. The average molecular weight is 701 g/mol. The van der Waals surface area contributed by atoms with Gasteiger partial charge in [-0.1, -0.05) is 150 Å². The van der Waals surface area contributed by atoms with Crippen LogP contribution in [0.5, 0.6) is 0 Å². The molecule has 0 heterocycles. The van der Waals surface area contributed by atoms with Crippen molar-refractivity contribution in [2.45, 2.75) is 110 Å². The Labute approximate surface area is 320 Å². The molecular weight excluding hydrogens is 641 g/mol. The van der Waals surface area contributed by atoms with Gasteiger partial charge in [0.15, 0.2) is 0 Å². The van der Waals surface area contributed by atoms with Gasteiger partial charge in [0.1, 0.15) is 0 Å². The summed E-state index contributed by atoms with van der Waals surface area (Å²) in [6.45, 7) is 6.85. The monoisotopic (exact) mass is 700 g/mol. The average Bonchev–Trinajstić information content (AvgIpc) is 3.48. The summed E-state index contributed by atoms with van der Waals surface area (Å²) >= 11 is 0. The Hall–Kier alpha value is -4.56. The molecule has 4 aromatic carbocycles.